The highest BCUT2D eigenvalue weighted by atomic mass is 35.5. The lowest BCUT2D eigenvalue weighted by Crippen LogP contribution is -2.11. The lowest BCUT2D eigenvalue weighted by Gasteiger charge is -2.15. The number of nitrogens with one attached hydrogen (secondary N) is 2. The molecule has 0 amide bonds. The van der Waals surface area contributed by atoms with Gasteiger partial charge in [0.15, 0.2) is 5.65 Å². The highest BCUT2D eigenvalue weighted by molar-refractivity contribution is 7.92. The maximum Gasteiger partial charge on any atom is 0.249 e. The Kier molecular flexibility index (Phi) is 5.61. The summed E-state index contributed by atoms with van der Waals surface area (Å²) in [6.07, 6.45) is 1.01. The number of hydrogen-bond acceptors (Lipinski definition) is 6. The average Bonchev–Trinajstić information content (AvgIpc) is 2.75. The third-order valence-electron chi connectivity index (χ3n) is 4.78. The van der Waals surface area contributed by atoms with Gasteiger partial charge in [-0.3, -0.25) is 9.52 Å². The van der Waals surface area contributed by atoms with Gasteiger partial charge in [-0.25, -0.2) is 22.8 Å². The van der Waals surface area contributed by atoms with Gasteiger partial charge in [0.2, 0.25) is 15.6 Å². The molecule has 0 atom stereocenters. The van der Waals surface area contributed by atoms with E-state index in [1.165, 1.54) is 36.4 Å². The molecule has 2 N–H and O–H groups in total. The summed E-state index contributed by atoms with van der Waals surface area (Å²) in [5.41, 5.74) is 1.38. The van der Waals surface area contributed by atoms with Crippen molar-refractivity contribution in [3.8, 4) is 28.6 Å². The van der Waals surface area contributed by atoms with E-state index in [9.17, 15) is 18.5 Å². The fourth-order valence-corrected chi connectivity index (χ4v) is 4.37. The van der Waals surface area contributed by atoms with Crippen LogP contribution in [0.25, 0.3) is 33.7 Å². The number of aromatic amines is 1. The largest absolute Gasteiger partial charge is 0.305 e. The van der Waals surface area contributed by atoms with Gasteiger partial charge < -0.3 is 4.98 Å². The first-order valence-electron chi connectivity index (χ1n) is 9.46. The van der Waals surface area contributed by atoms with Crippen molar-refractivity contribution in [2.45, 2.75) is 6.92 Å². The number of aromatic nitrogens is 3. The molecule has 2 aromatic carbocycles. The lowest BCUT2D eigenvalue weighted by molar-refractivity contribution is 0.606. The van der Waals surface area contributed by atoms with Gasteiger partial charge in [-0.1, -0.05) is 17.7 Å². The second-order valence-corrected chi connectivity index (χ2v) is 9.44. The minimum absolute atomic E-state index is 0.00950. The molecule has 0 aliphatic heterocycles. The fourth-order valence-electron chi connectivity index (χ4n) is 3.36. The van der Waals surface area contributed by atoms with Crippen LogP contribution in [-0.2, 0) is 10.0 Å². The molecule has 4 aromatic rings. The molecular formula is C22H15ClFN5O3S. The van der Waals surface area contributed by atoms with E-state index in [1.807, 2.05) is 0 Å². The Bertz CT molecular complexity index is 1620. The molecule has 11 heteroatoms. The Labute approximate surface area is 192 Å². The van der Waals surface area contributed by atoms with Crippen molar-refractivity contribution >= 4 is 38.5 Å². The summed E-state index contributed by atoms with van der Waals surface area (Å²) in [5.74, 6) is -0.786. The summed E-state index contributed by atoms with van der Waals surface area (Å²) >= 11 is 6.37. The van der Waals surface area contributed by atoms with Gasteiger partial charge in [-0.15, -0.1) is 0 Å². The number of pyridine rings is 1. The van der Waals surface area contributed by atoms with Crippen LogP contribution in [0.1, 0.15) is 11.1 Å². The number of anilines is 1. The summed E-state index contributed by atoms with van der Waals surface area (Å²) in [7, 11) is -3.57. The highest BCUT2D eigenvalue weighted by Crippen LogP contribution is 2.37. The van der Waals surface area contributed by atoms with Crippen LogP contribution in [0.2, 0.25) is 5.02 Å². The van der Waals surface area contributed by atoms with E-state index in [2.05, 4.69) is 19.7 Å². The third kappa shape index (κ3) is 4.41. The van der Waals surface area contributed by atoms with E-state index in [0.717, 1.165) is 6.26 Å². The van der Waals surface area contributed by atoms with E-state index < -0.39 is 21.4 Å². The summed E-state index contributed by atoms with van der Waals surface area (Å²) in [5, 5.41) is 9.34. The molecule has 0 unspecified atom stereocenters. The molecule has 33 heavy (non-hydrogen) atoms. The molecule has 0 radical (unpaired) electrons. The Morgan fingerprint density at radius 2 is 1.91 bits per heavy atom. The normalized spacial score (nSPS) is 11.4. The summed E-state index contributed by atoms with van der Waals surface area (Å²) in [4.78, 5) is 23.3. The molecular weight excluding hydrogens is 469 g/mol. The van der Waals surface area contributed by atoms with Crippen LogP contribution in [0, 0.1) is 24.1 Å². The number of nitrogens with zero attached hydrogens (tertiary/aromatic N) is 3. The van der Waals surface area contributed by atoms with Crippen molar-refractivity contribution in [2.75, 3.05) is 11.0 Å². The van der Waals surface area contributed by atoms with Gasteiger partial charge in [0.05, 0.1) is 28.2 Å². The predicted molar refractivity (Wildman–Crippen MR) is 124 cm³/mol. The highest BCUT2D eigenvalue weighted by Gasteiger charge is 2.20. The number of rotatable bonds is 4. The van der Waals surface area contributed by atoms with Crippen molar-refractivity contribution < 1.29 is 12.8 Å². The van der Waals surface area contributed by atoms with E-state index in [1.54, 1.807) is 19.1 Å². The van der Waals surface area contributed by atoms with Gasteiger partial charge >= 0.3 is 0 Å². The Hall–Kier alpha value is -3.81. The molecule has 166 valence electrons. The first kappa shape index (κ1) is 22.4. The Balaban J connectivity index is 2.04. The monoisotopic (exact) mass is 483 g/mol. The van der Waals surface area contributed by atoms with Crippen LogP contribution in [0.3, 0.4) is 0 Å². The zero-order valence-electron chi connectivity index (χ0n) is 17.3. The topological polar surface area (TPSA) is 129 Å². The van der Waals surface area contributed by atoms with Crippen molar-refractivity contribution in [3.05, 3.63) is 74.8 Å². The minimum Gasteiger partial charge on any atom is -0.305 e. The van der Waals surface area contributed by atoms with Gasteiger partial charge in [0.25, 0.3) is 0 Å². The lowest BCUT2D eigenvalue weighted by atomic mass is 10.00. The van der Waals surface area contributed by atoms with E-state index in [0.29, 0.717) is 16.6 Å². The van der Waals surface area contributed by atoms with Crippen molar-refractivity contribution in [1.29, 1.82) is 5.26 Å². The maximum atomic E-state index is 15.1. The third-order valence-corrected chi connectivity index (χ3v) is 5.65. The van der Waals surface area contributed by atoms with Crippen molar-refractivity contribution in [2.24, 2.45) is 0 Å². The van der Waals surface area contributed by atoms with E-state index >= 15 is 4.39 Å². The van der Waals surface area contributed by atoms with Crippen LogP contribution < -0.4 is 10.3 Å². The maximum absolute atomic E-state index is 15.1. The molecule has 0 aliphatic rings. The average molecular weight is 484 g/mol. The number of benzene rings is 2. The van der Waals surface area contributed by atoms with E-state index in [4.69, 9.17) is 11.6 Å². The summed E-state index contributed by atoms with van der Waals surface area (Å²) < 4.78 is 40.8. The van der Waals surface area contributed by atoms with Crippen molar-refractivity contribution in [3.63, 3.8) is 0 Å². The quantitative estimate of drug-likeness (QED) is 0.451. The second-order valence-electron chi connectivity index (χ2n) is 7.28. The molecule has 0 spiro atoms. The summed E-state index contributed by atoms with van der Waals surface area (Å²) in [6, 6.07) is 12.0. The van der Waals surface area contributed by atoms with Gasteiger partial charge in [0.1, 0.15) is 23.1 Å². The number of halogens is 2. The number of sulfonamides is 1. The fraction of sp³-hybridized carbons (Fsp3) is 0.0909. The van der Waals surface area contributed by atoms with Gasteiger partial charge in [-0.2, -0.15) is 5.26 Å². The van der Waals surface area contributed by atoms with Crippen molar-refractivity contribution in [1.82, 2.24) is 15.0 Å². The number of hydrogen-bond donors (Lipinski definition) is 2. The van der Waals surface area contributed by atoms with Crippen LogP contribution in [0.5, 0.6) is 0 Å². The second kappa shape index (κ2) is 8.27. The number of nitriles is 1. The zero-order chi connectivity index (χ0) is 23.9. The molecule has 2 heterocycles. The SMILES string of the molecule is Cc1cc(-c2nc3ccc(=O)[nH]c3nc2-c2cccc(C#N)c2F)cc(Cl)c1NS(C)(=O)=O. The first-order valence-corrected chi connectivity index (χ1v) is 11.7. The molecule has 4 rings (SSSR count). The predicted octanol–water partition coefficient (Wildman–Crippen LogP) is 4.00. The standard InChI is InChI=1S/C22H15ClFN5O3S/c1-11-8-13(9-15(23)19(11)29-33(2,31)32)20-21(14-5-3-4-12(10-25)18(14)24)28-22-16(26-20)6-7-17(30)27-22/h3-9,29H,1-2H3,(H,27,28,30). The van der Waals surface area contributed by atoms with Crippen LogP contribution >= 0.6 is 11.6 Å². The number of H-pyrrole nitrogens is 1. The summed E-state index contributed by atoms with van der Waals surface area (Å²) in [6.45, 7) is 1.66. The zero-order valence-corrected chi connectivity index (χ0v) is 18.8. The molecule has 0 saturated carbocycles. The van der Waals surface area contributed by atoms with Gasteiger partial charge in [-0.05, 0) is 42.8 Å². The van der Waals surface area contributed by atoms with Crippen LogP contribution in [0.4, 0.5) is 10.1 Å². The minimum atomic E-state index is -3.57. The number of aryl methyl sites for hydroxylation is 1. The van der Waals surface area contributed by atoms with Gasteiger partial charge in [0, 0.05) is 17.2 Å². The Morgan fingerprint density at radius 3 is 2.58 bits per heavy atom. The first-order chi connectivity index (χ1) is 15.6. The smallest absolute Gasteiger partial charge is 0.249 e. The van der Waals surface area contributed by atoms with Crippen LogP contribution in [-0.4, -0.2) is 29.6 Å². The Morgan fingerprint density at radius 1 is 1.15 bits per heavy atom. The molecule has 0 bridgehead atoms. The van der Waals surface area contributed by atoms with E-state index in [-0.39, 0.29) is 38.9 Å². The molecule has 8 nitrogen and oxygen atoms in total. The van der Waals surface area contributed by atoms with Crippen LogP contribution in [0.15, 0.2) is 47.3 Å². The number of fused-ring (bicyclic) bond motifs is 1. The molecule has 0 aliphatic carbocycles. The molecule has 0 fully saturated rings. The molecule has 2 aromatic heterocycles. The molecule has 0 saturated heterocycles.